The fourth-order valence-electron chi connectivity index (χ4n) is 3.01. The Labute approximate surface area is 127 Å². The topological polar surface area (TPSA) is 66.4 Å². The van der Waals surface area contributed by atoms with E-state index in [1.807, 2.05) is 30.3 Å². The lowest BCUT2D eigenvalue weighted by molar-refractivity contribution is 0.255. The van der Waals surface area contributed by atoms with Crippen LogP contribution in [0.4, 0.5) is 0 Å². The quantitative estimate of drug-likeness (QED) is 0.810. The van der Waals surface area contributed by atoms with Crippen molar-refractivity contribution in [2.24, 2.45) is 5.92 Å². The van der Waals surface area contributed by atoms with E-state index in [0.717, 1.165) is 31.2 Å². The summed E-state index contributed by atoms with van der Waals surface area (Å²) in [7, 11) is -3.32. The van der Waals surface area contributed by atoms with Gasteiger partial charge in [0.05, 0.1) is 12.4 Å². The Balaban J connectivity index is 1.90. The molecule has 1 saturated carbocycles. The molecule has 1 aromatic rings. The molecule has 1 aromatic carbocycles. The molecule has 1 aliphatic carbocycles. The van der Waals surface area contributed by atoms with Crippen molar-refractivity contribution in [2.45, 2.75) is 44.6 Å². The first-order valence-corrected chi connectivity index (χ1v) is 9.39. The zero-order valence-corrected chi connectivity index (χ0v) is 13.2. The van der Waals surface area contributed by atoms with E-state index >= 15 is 0 Å². The molecule has 0 spiro atoms. The molecule has 0 amide bonds. The summed E-state index contributed by atoms with van der Waals surface area (Å²) < 4.78 is 27.1. The van der Waals surface area contributed by atoms with Crippen molar-refractivity contribution in [2.75, 3.05) is 12.4 Å². The highest BCUT2D eigenvalue weighted by Crippen LogP contribution is 2.24. The van der Waals surface area contributed by atoms with Crippen LogP contribution < -0.4 is 4.72 Å². The smallest absolute Gasteiger partial charge is 0.212 e. The summed E-state index contributed by atoms with van der Waals surface area (Å²) in [5.74, 6) is 0.463. The Kier molecular flexibility index (Phi) is 6.21. The second-order valence-electron chi connectivity index (χ2n) is 5.97. The number of aliphatic hydroxyl groups is 1. The minimum Gasteiger partial charge on any atom is -0.395 e. The third-order valence-corrected chi connectivity index (χ3v) is 5.67. The highest BCUT2D eigenvalue weighted by molar-refractivity contribution is 7.89. The zero-order chi connectivity index (χ0) is 15.1. The van der Waals surface area contributed by atoms with Gasteiger partial charge in [0.15, 0.2) is 0 Å². The lowest BCUT2D eigenvalue weighted by atomic mass is 9.91. The van der Waals surface area contributed by atoms with Gasteiger partial charge in [-0.05, 0) is 30.7 Å². The van der Waals surface area contributed by atoms with Crippen LogP contribution in [0.15, 0.2) is 30.3 Å². The number of nitrogens with one attached hydrogen (secondary N) is 1. The first kappa shape index (κ1) is 16.5. The summed E-state index contributed by atoms with van der Waals surface area (Å²) in [5, 5.41) is 9.43. The van der Waals surface area contributed by atoms with E-state index in [4.69, 9.17) is 0 Å². The Morgan fingerprint density at radius 2 is 1.81 bits per heavy atom. The number of sulfonamides is 1. The molecule has 0 saturated heterocycles. The molecule has 4 nitrogen and oxygen atoms in total. The maximum absolute atomic E-state index is 12.2. The minimum absolute atomic E-state index is 0.182. The number of benzene rings is 1. The van der Waals surface area contributed by atoms with Crippen molar-refractivity contribution in [3.8, 4) is 0 Å². The first-order valence-electron chi connectivity index (χ1n) is 7.74. The van der Waals surface area contributed by atoms with Crippen molar-refractivity contribution in [3.63, 3.8) is 0 Å². The molecule has 1 atom stereocenters. The predicted octanol–water partition coefficient (Wildman–Crippen LogP) is 2.09. The number of rotatable bonds is 7. The van der Waals surface area contributed by atoms with E-state index in [1.165, 1.54) is 6.42 Å². The van der Waals surface area contributed by atoms with Gasteiger partial charge in [-0.2, -0.15) is 0 Å². The van der Waals surface area contributed by atoms with Gasteiger partial charge in [0, 0.05) is 6.04 Å². The molecule has 0 aliphatic heterocycles. The molecule has 118 valence electrons. The third kappa shape index (κ3) is 5.77. The summed E-state index contributed by atoms with van der Waals surface area (Å²) in [5.41, 5.74) is 1.02. The van der Waals surface area contributed by atoms with Crippen molar-refractivity contribution in [1.29, 1.82) is 0 Å². The number of hydrogen-bond acceptors (Lipinski definition) is 3. The molecule has 1 aliphatic rings. The number of hydrogen-bond donors (Lipinski definition) is 2. The van der Waals surface area contributed by atoms with Crippen LogP contribution in [0, 0.1) is 5.92 Å². The van der Waals surface area contributed by atoms with Crippen molar-refractivity contribution < 1.29 is 13.5 Å². The predicted molar refractivity (Wildman–Crippen MR) is 84.5 cm³/mol. The Bertz CT molecular complexity index is 510. The van der Waals surface area contributed by atoms with Crippen LogP contribution in [-0.4, -0.2) is 31.9 Å². The Morgan fingerprint density at radius 3 is 2.43 bits per heavy atom. The molecular weight excluding hydrogens is 286 g/mol. The molecule has 1 unspecified atom stereocenters. The van der Waals surface area contributed by atoms with Crippen LogP contribution in [0.25, 0.3) is 0 Å². The zero-order valence-electron chi connectivity index (χ0n) is 12.4. The second kappa shape index (κ2) is 7.92. The normalized spacial score (nSPS) is 18.5. The Morgan fingerprint density at radius 1 is 1.14 bits per heavy atom. The van der Waals surface area contributed by atoms with Crippen LogP contribution in [0.2, 0.25) is 0 Å². The fourth-order valence-corrected chi connectivity index (χ4v) is 4.72. The van der Waals surface area contributed by atoms with Gasteiger partial charge < -0.3 is 5.11 Å². The molecule has 0 radical (unpaired) electrons. The molecule has 0 bridgehead atoms. The lowest BCUT2D eigenvalue weighted by Gasteiger charge is -2.23. The fraction of sp³-hybridized carbons (Fsp3) is 0.625. The van der Waals surface area contributed by atoms with Gasteiger partial charge in [0.25, 0.3) is 0 Å². The summed E-state index contributed by atoms with van der Waals surface area (Å²) in [4.78, 5) is 0. The standard InChI is InChI=1S/C16H25NO3S/c18-12-16(11-14-7-3-1-4-8-14)17-21(19,20)13-15-9-5-2-6-10-15/h1,3-4,7-8,15-18H,2,5-6,9-13H2. The van der Waals surface area contributed by atoms with Crippen LogP contribution in [0.1, 0.15) is 37.7 Å². The molecule has 5 heteroatoms. The van der Waals surface area contributed by atoms with Crippen LogP contribution in [0.5, 0.6) is 0 Å². The molecule has 2 N–H and O–H groups in total. The lowest BCUT2D eigenvalue weighted by Crippen LogP contribution is -2.41. The second-order valence-corrected chi connectivity index (χ2v) is 7.77. The van der Waals surface area contributed by atoms with Crippen LogP contribution in [-0.2, 0) is 16.4 Å². The molecule has 21 heavy (non-hydrogen) atoms. The maximum atomic E-state index is 12.2. The van der Waals surface area contributed by atoms with Crippen molar-refractivity contribution in [1.82, 2.24) is 4.72 Å². The minimum atomic E-state index is -3.32. The average molecular weight is 311 g/mol. The Hall–Kier alpha value is -0.910. The monoisotopic (exact) mass is 311 g/mol. The summed E-state index contributed by atoms with van der Waals surface area (Å²) in [6.07, 6.45) is 6.01. The van der Waals surface area contributed by atoms with Gasteiger partial charge >= 0.3 is 0 Å². The summed E-state index contributed by atoms with van der Waals surface area (Å²) in [6, 6.07) is 9.20. The van der Waals surface area contributed by atoms with E-state index in [-0.39, 0.29) is 18.3 Å². The summed E-state index contributed by atoms with van der Waals surface area (Å²) in [6.45, 7) is -0.182. The van der Waals surface area contributed by atoms with E-state index in [9.17, 15) is 13.5 Å². The van der Waals surface area contributed by atoms with Crippen molar-refractivity contribution >= 4 is 10.0 Å². The number of aliphatic hydroxyl groups excluding tert-OH is 1. The van der Waals surface area contributed by atoms with Crippen LogP contribution >= 0.6 is 0 Å². The molecular formula is C16H25NO3S. The highest BCUT2D eigenvalue weighted by Gasteiger charge is 2.23. The molecule has 1 fully saturated rings. The van der Waals surface area contributed by atoms with E-state index < -0.39 is 16.1 Å². The van der Waals surface area contributed by atoms with Gasteiger partial charge in [-0.1, -0.05) is 49.6 Å². The van der Waals surface area contributed by atoms with Crippen molar-refractivity contribution in [3.05, 3.63) is 35.9 Å². The maximum Gasteiger partial charge on any atom is 0.212 e. The van der Waals surface area contributed by atoms with Gasteiger partial charge in [0.2, 0.25) is 10.0 Å². The van der Waals surface area contributed by atoms with Crippen LogP contribution in [0.3, 0.4) is 0 Å². The third-order valence-electron chi connectivity index (χ3n) is 4.07. The molecule has 0 heterocycles. The SMILES string of the molecule is O=S(=O)(CC1CCCCC1)NC(CO)Cc1ccccc1. The molecule has 0 aromatic heterocycles. The van der Waals surface area contributed by atoms with E-state index in [1.54, 1.807) is 0 Å². The summed E-state index contributed by atoms with van der Waals surface area (Å²) >= 11 is 0. The first-order chi connectivity index (χ1) is 10.1. The molecule has 2 rings (SSSR count). The van der Waals surface area contributed by atoms with E-state index in [2.05, 4.69) is 4.72 Å². The highest BCUT2D eigenvalue weighted by atomic mass is 32.2. The van der Waals surface area contributed by atoms with Gasteiger partial charge in [-0.3, -0.25) is 0 Å². The van der Waals surface area contributed by atoms with Gasteiger partial charge in [-0.25, -0.2) is 13.1 Å². The average Bonchev–Trinajstić information content (AvgIpc) is 2.48. The largest absolute Gasteiger partial charge is 0.395 e. The van der Waals surface area contributed by atoms with Gasteiger partial charge in [0.1, 0.15) is 0 Å². The van der Waals surface area contributed by atoms with Gasteiger partial charge in [-0.15, -0.1) is 0 Å². The van der Waals surface area contributed by atoms with E-state index in [0.29, 0.717) is 6.42 Å².